The number of halogens is 1. The van der Waals surface area contributed by atoms with E-state index < -0.39 is 0 Å². The van der Waals surface area contributed by atoms with Gasteiger partial charge in [-0.2, -0.15) is 0 Å². The van der Waals surface area contributed by atoms with Gasteiger partial charge in [-0.3, -0.25) is 4.79 Å². The van der Waals surface area contributed by atoms with Gasteiger partial charge < -0.3 is 9.64 Å². The van der Waals surface area contributed by atoms with Gasteiger partial charge in [0.1, 0.15) is 10.8 Å². The first-order valence-corrected chi connectivity index (χ1v) is 7.90. The number of aromatic nitrogens is 1. The zero-order chi connectivity index (χ0) is 15.2. The SMILES string of the molecule is COc1ccccc1CN(C)C(=O)Cc1nc(CCl)cs1. The van der Waals surface area contributed by atoms with Crippen molar-refractivity contribution in [3.05, 3.63) is 45.9 Å². The zero-order valence-electron chi connectivity index (χ0n) is 12.0. The van der Waals surface area contributed by atoms with E-state index in [2.05, 4.69) is 4.98 Å². The van der Waals surface area contributed by atoms with Crippen LogP contribution in [-0.4, -0.2) is 29.9 Å². The number of hydrogen-bond donors (Lipinski definition) is 0. The van der Waals surface area contributed by atoms with E-state index in [1.54, 1.807) is 19.1 Å². The zero-order valence-corrected chi connectivity index (χ0v) is 13.6. The average molecular weight is 325 g/mol. The third-order valence-electron chi connectivity index (χ3n) is 3.06. The Morgan fingerprint density at radius 3 is 2.86 bits per heavy atom. The van der Waals surface area contributed by atoms with Gasteiger partial charge in [-0.25, -0.2) is 4.98 Å². The summed E-state index contributed by atoms with van der Waals surface area (Å²) in [5.41, 5.74) is 1.80. The van der Waals surface area contributed by atoms with Gasteiger partial charge in [0.15, 0.2) is 0 Å². The molecule has 4 nitrogen and oxygen atoms in total. The first-order valence-electron chi connectivity index (χ1n) is 6.49. The number of nitrogens with zero attached hydrogens (tertiary/aromatic N) is 2. The molecule has 0 aliphatic heterocycles. The molecule has 0 radical (unpaired) electrons. The number of ether oxygens (including phenoxy) is 1. The summed E-state index contributed by atoms with van der Waals surface area (Å²) in [6, 6.07) is 7.69. The van der Waals surface area contributed by atoms with Crippen molar-refractivity contribution in [2.24, 2.45) is 0 Å². The number of thiazole rings is 1. The van der Waals surface area contributed by atoms with Crippen LogP contribution < -0.4 is 4.74 Å². The molecule has 0 bridgehead atoms. The Morgan fingerprint density at radius 2 is 2.19 bits per heavy atom. The van der Waals surface area contributed by atoms with E-state index in [4.69, 9.17) is 16.3 Å². The third kappa shape index (κ3) is 4.19. The van der Waals surface area contributed by atoms with Crippen molar-refractivity contribution < 1.29 is 9.53 Å². The van der Waals surface area contributed by atoms with E-state index >= 15 is 0 Å². The number of carbonyl (C=O) groups excluding carboxylic acids is 1. The molecule has 1 aromatic heterocycles. The molecule has 0 spiro atoms. The van der Waals surface area contributed by atoms with Crippen LogP contribution in [0.15, 0.2) is 29.6 Å². The highest BCUT2D eigenvalue weighted by Gasteiger charge is 2.14. The number of hydrogen-bond acceptors (Lipinski definition) is 4. The van der Waals surface area contributed by atoms with E-state index in [-0.39, 0.29) is 5.91 Å². The lowest BCUT2D eigenvalue weighted by Gasteiger charge is -2.18. The van der Waals surface area contributed by atoms with Gasteiger partial charge >= 0.3 is 0 Å². The molecule has 1 heterocycles. The minimum Gasteiger partial charge on any atom is -0.496 e. The standard InChI is InChI=1S/C15H17ClN2O2S/c1-18(9-11-5-3-4-6-13(11)20-2)15(19)7-14-17-12(8-16)10-21-14/h3-6,10H,7-9H2,1-2H3. The van der Waals surface area contributed by atoms with E-state index in [0.717, 1.165) is 22.0 Å². The van der Waals surface area contributed by atoms with Crippen molar-refractivity contribution in [2.45, 2.75) is 18.8 Å². The summed E-state index contributed by atoms with van der Waals surface area (Å²) < 4.78 is 5.30. The highest BCUT2D eigenvalue weighted by molar-refractivity contribution is 7.09. The quantitative estimate of drug-likeness (QED) is 0.767. The van der Waals surface area contributed by atoms with Gasteiger partial charge in [-0.15, -0.1) is 22.9 Å². The van der Waals surface area contributed by atoms with Crippen LogP contribution >= 0.6 is 22.9 Å². The first-order chi connectivity index (χ1) is 10.1. The molecule has 2 aromatic rings. The van der Waals surface area contributed by atoms with Gasteiger partial charge in [0.2, 0.25) is 5.91 Å². The Kier molecular flexibility index (Phi) is 5.59. The lowest BCUT2D eigenvalue weighted by atomic mass is 10.2. The Hall–Kier alpha value is -1.59. The molecule has 0 atom stereocenters. The second-order valence-electron chi connectivity index (χ2n) is 4.60. The summed E-state index contributed by atoms with van der Waals surface area (Å²) in [6.45, 7) is 0.511. The van der Waals surface area contributed by atoms with Crippen LogP contribution in [0.5, 0.6) is 5.75 Å². The maximum atomic E-state index is 12.2. The molecule has 6 heteroatoms. The molecule has 1 amide bonds. The molecule has 112 valence electrons. The van der Waals surface area contributed by atoms with Crippen LogP contribution in [0.1, 0.15) is 16.3 Å². The molecule has 0 saturated carbocycles. The molecule has 0 unspecified atom stereocenters. The van der Waals surface area contributed by atoms with E-state index in [1.807, 2.05) is 29.6 Å². The predicted molar refractivity (Wildman–Crippen MR) is 84.8 cm³/mol. The number of benzene rings is 1. The van der Waals surface area contributed by atoms with Gasteiger partial charge in [0.25, 0.3) is 0 Å². The van der Waals surface area contributed by atoms with Crippen molar-refractivity contribution in [1.29, 1.82) is 0 Å². The molecule has 0 saturated heterocycles. The van der Waals surface area contributed by atoms with E-state index in [1.165, 1.54) is 11.3 Å². The number of para-hydroxylation sites is 1. The lowest BCUT2D eigenvalue weighted by Crippen LogP contribution is -2.27. The van der Waals surface area contributed by atoms with Crippen molar-refractivity contribution in [2.75, 3.05) is 14.2 Å². The van der Waals surface area contributed by atoms with Gasteiger partial charge in [-0.05, 0) is 6.07 Å². The van der Waals surface area contributed by atoms with Crippen LogP contribution in [0.3, 0.4) is 0 Å². The number of likely N-dealkylation sites (N-methyl/N-ethyl adjacent to an activating group) is 1. The van der Waals surface area contributed by atoms with E-state index in [0.29, 0.717) is 18.8 Å². The highest BCUT2D eigenvalue weighted by Crippen LogP contribution is 2.19. The van der Waals surface area contributed by atoms with Crippen LogP contribution in [0, 0.1) is 0 Å². The molecule has 0 N–H and O–H groups in total. The fourth-order valence-electron chi connectivity index (χ4n) is 1.93. The normalized spacial score (nSPS) is 10.4. The Balaban J connectivity index is 1.99. The maximum absolute atomic E-state index is 12.2. The molecular weight excluding hydrogens is 308 g/mol. The van der Waals surface area contributed by atoms with Crippen LogP contribution in [0.25, 0.3) is 0 Å². The number of amides is 1. The van der Waals surface area contributed by atoms with Crippen molar-refractivity contribution in [3.8, 4) is 5.75 Å². The molecular formula is C15H17ClN2O2S. The monoisotopic (exact) mass is 324 g/mol. The number of alkyl halides is 1. The minimum atomic E-state index is 0.0244. The van der Waals surface area contributed by atoms with Crippen LogP contribution in [-0.2, 0) is 23.6 Å². The van der Waals surface area contributed by atoms with Gasteiger partial charge in [-0.1, -0.05) is 18.2 Å². The molecule has 2 rings (SSSR count). The maximum Gasteiger partial charge on any atom is 0.229 e. The Bertz CT molecular complexity index is 615. The third-order valence-corrected chi connectivity index (χ3v) is 4.24. The first kappa shape index (κ1) is 15.8. The minimum absolute atomic E-state index is 0.0244. The summed E-state index contributed by atoms with van der Waals surface area (Å²) in [5, 5.41) is 2.68. The largest absolute Gasteiger partial charge is 0.496 e. The lowest BCUT2D eigenvalue weighted by molar-refractivity contribution is -0.129. The molecule has 0 aliphatic carbocycles. The summed E-state index contributed by atoms with van der Waals surface area (Å²) in [6.07, 6.45) is 0.299. The van der Waals surface area contributed by atoms with Gasteiger partial charge in [0, 0.05) is 24.5 Å². The number of methoxy groups -OCH3 is 1. The molecule has 1 aromatic carbocycles. The summed E-state index contributed by atoms with van der Waals surface area (Å²) >= 11 is 7.18. The van der Waals surface area contributed by atoms with Crippen LogP contribution in [0.4, 0.5) is 0 Å². The topological polar surface area (TPSA) is 42.4 Å². The molecule has 0 aliphatic rings. The van der Waals surface area contributed by atoms with E-state index in [9.17, 15) is 4.79 Å². The van der Waals surface area contributed by atoms with Crippen molar-refractivity contribution in [1.82, 2.24) is 9.88 Å². The predicted octanol–water partition coefficient (Wildman–Crippen LogP) is 3.09. The Morgan fingerprint density at radius 1 is 1.43 bits per heavy atom. The average Bonchev–Trinajstić information content (AvgIpc) is 2.95. The van der Waals surface area contributed by atoms with Gasteiger partial charge in [0.05, 0.1) is 25.1 Å². The molecule has 21 heavy (non-hydrogen) atoms. The fourth-order valence-corrected chi connectivity index (χ4v) is 2.95. The fraction of sp³-hybridized carbons (Fsp3) is 0.333. The second-order valence-corrected chi connectivity index (χ2v) is 5.81. The summed E-state index contributed by atoms with van der Waals surface area (Å²) in [5.74, 6) is 1.19. The van der Waals surface area contributed by atoms with Crippen LogP contribution in [0.2, 0.25) is 0 Å². The number of carbonyl (C=O) groups is 1. The summed E-state index contributed by atoms with van der Waals surface area (Å²) in [4.78, 5) is 18.2. The summed E-state index contributed by atoms with van der Waals surface area (Å²) in [7, 11) is 3.41. The number of rotatable bonds is 6. The highest BCUT2D eigenvalue weighted by atomic mass is 35.5. The van der Waals surface area contributed by atoms with Crippen molar-refractivity contribution >= 4 is 28.8 Å². The Labute approximate surface area is 133 Å². The smallest absolute Gasteiger partial charge is 0.229 e. The second kappa shape index (κ2) is 7.43. The molecule has 0 fully saturated rings. The van der Waals surface area contributed by atoms with Crippen molar-refractivity contribution in [3.63, 3.8) is 0 Å².